The molecule has 0 aliphatic heterocycles. The first kappa shape index (κ1) is 17.9. The first-order valence-electron chi connectivity index (χ1n) is 7.42. The number of rotatable bonds is 4. The highest BCUT2D eigenvalue weighted by molar-refractivity contribution is 7.71. The highest BCUT2D eigenvalue weighted by Crippen LogP contribution is 2.29. The molecule has 134 valence electrons. The predicted octanol–water partition coefficient (Wildman–Crippen LogP) is 4.52. The summed E-state index contributed by atoms with van der Waals surface area (Å²) in [5, 5.41) is 11.0. The number of aromatic nitrogens is 3. The molecule has 0 unspecified atom stereocenters. The summed E-state index contributed by atoms with van der Waals surface area (Å²) in [6.45, 7) is 0. The molecular formula is C17H13F3N4OS. The Kier molecular flexibility index (Phi) is 4.90. The number of hydrogen-bond acceptors (Lipinski definition) is 4. The number of H-pyrrole nitrogens is 1. The monoisotopic (exact) mass is 378 g/mol. The van der Waals surface area contributed by atoms with Crippen molar-refractivity contribution in [2.45, 2.75) is 6.18 Å². The van der Waals surface area contributed by atoms with E-state index < -0.39 is 11.7 Å². The fraction of sp³-hybridized carbons (Fsp3) is 0.118. The number of nitrogens with one attached hydrogen (secondary N) is 1. The van der Waals surface area contributed by atoms with Gasteiger partial charge in [0, 0.05) is 0 Å². The normalized spacial score (nSPS) is 11.8. The van der Waals surface area contributed by atoms with Gasteiger partial charge in [-0.05, 0) is 42.0 Å². The van der Waals surface area contributed by atoms with Gasteiger partial charge in [0.1, 0.15) is 5.75 Å². The lowest BCUT2D eigenvalue weighted by atomic mass is 10.1. The molecule has 1 N–H and O–H groups in total. The van der Waals surface area contributed by atoms with E-state index in [0.29, 0.717) is 22.7 Å². The van der Waals surface area contributed by atoms with Gasteiger partial charge in [0.2, 0.25) is 4.77 Å². The lowest BCUT2D eigenvalue weighted by Crippen LogP contribution is -2.04. The maximum atomic E-state index is 12.6. The van der Waals surface area contributed by atoms with E-state index in [1.807, 2.05) is 12.1 Å². The number of para-hydroxylation sites is 1. The molecule has 0 saturated heterocycles. The molecule has 0 spiro atoms. The Balaban J connectivity index is 1.95. The summed E-state index contributed by atoms with van der Waals surface area (Å²) in [6, 6.07) is 11.9. The average Bonchev–Trinajstić information content (AvgIpc) is 3.00. The SMILES string of the molecule is COc1ccccc1-c1n[nH]c(=S)n1N=Cc1ccc(C(F)(F)F)cc1. The molecule has 5 nitrogen and oxygen atoms in total. The van der Waals surface area contributed by atoms with E-state index in [1.54, 1.807) is 12.1 Å². The maximum Gasteiger partial charge on any atom is 0.416 e. The van der Waals surface area contributed by atoms with Crippen molar-refractivity contribution in [1.82, 2.24) is 14.9 Å². The van der Waals surface area contributed by atoms with E-state index in [9.17, 15) is 13.2 Å². The van der Waals surface area contributed by atoms with Gasteiger partial charge >= 0.3 is 6.18 Å². The van der Waals surface area contributed by atoms with Crippen LogP contribution in [0.25, 0.3) is 11.4 Å². The highest BCUT2D eigenvalue weighted by atomic mass is 32.1. The Labute approximate surface area is 151 Å². The van der Waals surface area contributed by atoms with E-state index in [1.165, 1.54) is 30.1 Å². The molecule has 1 heterocycles. The molecular weight excluding hydrogens is 365 g/mol. The second-order valence-electron chi connectivity index (χ2n) is 5.23. The van der Waals surface area contributed by atoms with Crippen LogP contribution in [0, 0.1) is 4.77 Å². The van der Waals surface area contributed by atoms with E-state index in [0.717, 1.165) is 12.1 Å². The summed E-state index contributed by atoms with van der Waals surface area (Å²) in [5.74, 6) is 1.02. The fourth-order valence-corrected chi connectivity index (χ4v) is 2.46. The number of ether oxygens (including phenoxy) is 1. The van der Waals surface area contributed by atoms with Gasteiger partial charge in [-0.3, -0.25) is 0 Å². The van der Waals surface area contributed by atoms with Crippen LogP contribution in [0.4, 0.5) is 13.2 Å². The molecule has 0 atom stereocenters. The number of hydrogen-bond donors (Lipinski definition) is 1. The second kappa shape index (κ2) is 7.12. The topological polar surface area (TPSA) is 55.2 Å². The summed E-state index contributed by atoms with van der Waals surface area (Å²) in [7, 11) is 1.54. The third-order valence-corrected chi connectivity index (χ3v) is 3.82. The fourth-order valence-electron chi connectivity index (χ4n) is 2.29. The van der Waals surface area contributed by atoms with Crippen LogP contribution >= 0.6 is 12.2 Å². The molecule has 0 aliphatic rings. The zero-order valence-corrected chi connectivity index (χ0v) is 14.3. The van der Waals surface area contributed by atoms with Crippen LogP contribution in [0.1, 0.15) is 11.1 Å². The van der Waals surface area contributed by atoms with Crippen LogP contribution in [-0.2, 0) is 6.18 Å². The second-order valence-corrected chi connectivity index (χ2v) is 5.62. The van der Waals surface area contributed by atoms with Gasteiger partial charge in [-0.15, -0.1) is 0 Å². The zero-order valence-electron chi connectivity index (χ0n) is 13.5. The molecule has 2 aromatic carbocycles. The first-order valence-corrected chi connectivity index (χ1v) is 7.83. The molecule has 26 heavy (non-hydrogen) atoms. The molecule has 0 amide bonds. The van der Waals surface area contributed by atoms with Gasteiger partial charge in [0.25, 0.3) is 0 Å². The number of aromatic amines is 1. The third-order valence-electron chi connectivity index (χ3n) is 3.56. The van der Waals surface area contributed by atoms with Crippen LogP contribution in [0.5, 0.6) is 5.75 Å². The van der Waals surface area contributed by atoms with Crippen molar-refractivity contribution in [3.63, 3.8) is 0 Å². The van der Waals surface area contributed by atoms with Crippen LogP contribution in [0.2, 0.25) is 0 Å². The van der Waals surface area contributed by atoms with Crippen molar-refractivity contribution in [1.29, 1.82) is 0 Å². The van der Waals surface area contributed by atoms with Gasteiger partial charge in [0.05, 0.1) is 24.5 Å². The molecule has 3 aromatic rings. The van der Waals surface area contributed by atoms with Crippen LogP contribution < -0.4 is 4.74 Å². The molecule has 0 fully saturated rings. The Morgan fingerprint density at radius 2 is 1.85 bits per heavy atom. The quantitative estimate of drug-likeness (QED) is 0.537. The Morgan fingerprint density at radius 3 is 2.50 bits per heavy atom. The van der Waals surface area contributed by atoms with Crippen molar-refractivity contribution in [2.75, 3.05) is 7.11 Å². The van der Waals surface area contributed by atoms with Crippen molar-refractivity contribution in [3.05, 3.63) is 64.4 Å². The van der Waals surface area contributed by atoms with Gasteiger partial charge in [-0.2, -0.15) is 28.0 Å². The third kappa shape index (κ3) is 3.67. The van der Waals surface area contributed by atoms with E-state index in [-0.39, 0.29) is 4.77 Å². The Hall–Kier alpha value is -2.94. The zero-order chi connectivity index (χ0) is 18.7. The lowest BCUT2D eigenvalue weighted by molar-refractivity contribution is -0.137. The number of methoxy groups -OCH3 is 1. The Morgan fingerprint density at radius 1 is 1.15 bits per heavy atom. The molecule has 9 heteroatoms. The summed E-state index contributed by atoms with van der Waals surface area (Å²) < 4.78 is 44.8. The summed E-state index contributed by atoms with van der Waals surface area (Å²) in [4.78, 5) is 0. The molecule has 0 radical (unpaired) electrons. The summed E-state index contributed by atoms with van der Waals surface area (Å²) >= 11 is 5.18. The Bertz CT molecular complexity index is 990. The average molecular weight is 378 g/mol. The molecule has 1 aromatic heterocycles. The van der Waals surface area contributed by atoms with Crippen LogP contribution in [-0.4, -0.2) is 28.2 Å². The van der Waals surface area contributed by atoms with Crippen LogP contribution in [0.3, 0.4) is 0 Å². The minimum absolute atomic E-state index is 0.245. The van der Waals surface area contributed by atoms with Crippen LogP contribution in [0.15, 0.2) is 53.6 Å². The molecule has 3 rings (SSSR count). The minimum Gasteiger partial charge on any atom is -0.496 e. The number of benzene rings is 2. The van der Waals surface area contributed by atoms with Crippen molar-refractivity contribution >= 4 is 18.4 Å². The van der Waals surface area contributed by atoms with Gasteiger partial charge in [-0.1, -0.05) is 24.3 Å². The largest absolute Gasteiger partial charge is 0.496 e. The number of halogens is 3. The first-order chi connectivity index (χ1) is 12.4. The van der Waals surface area contributed by atoms with E-state index >= 15 is 0 Å². The minimum atomic E-state index is -4.38. The van der Waals surface area contributed by atoms with Gasteiger partial charge < -0.3 is 4.74 Å². The van der Waals surface area contributed by atoms with Crippen molar-refractivity contribution in [2.24, 2.45) is 5.10 Å². The summed E-state index contributed by atoms with van der Waals surface area (Å²) in [5.41, 5.74) is 0.447. The predicted molar refractivity (Wildman–Crippen MR) is 93.8 cm³/mol. The maximum absolute atomic E-state index is 12.6. The number of alkyl halides is 3. The van der Waals surface area contributed by atoms with Gasteiger partial charge in [0.15, 0.2) is 5.82 Å². The molecule has 0 saturated carbocycles. The van der Waals surface area contributed by atoms with Crippen molar-refractivity contribution < 1.29 is 17.9 Å². The van der Waals surface area contributed by atoms with Crippen molar-refractivity contribution in [3.8, 4) is 17.1 Å². The van der Waals surface area contributed by atoms with E-state index in [4.69, 9.17) is 17.0 Å². The molecule has 0 bridgehead atoms. The summed E-state index contributed by atoms with van der Waals surface area (Å²) in [6.07, 6.45) is -2.97. The number of nitrogens with zero attached hydrogens (tertiary/aromatic N) is 3. The van der Waals surface area contributed by atoms with Gasteiger partial charge in [-0.25, -0.2) is 5.10 Å². The lowest BCUT2D eigenvalue weighted by Gasteiger charge is -2.07. The molecule has 0 aliphatic carbocycles. The highest BCUT2D eigenvalue weighted by Gasteiger charge is 2.29. The smallest absolute Gasteiger partial charge is 0.416 e. The van der Waals surface area contributed by atoms with E-state index in [2.05, 4.69) is 15.3 Å². The standard InChI is InChI=1S/C17H13F3N4OS/c1-25-14-5-3-2-4-13(14)15-22-23-16(26)24(15)21-10-11-6-8-12(9-7-11)17(18,19)20/h2-10H,1H3,(H,23,26).